The van der Waals surface area contributed by atoms with Gasteiger partial charge in [0, 0.05) is 0 Å². The van der Waals surface area contributed by atoms with Crippen molar-refractivity contribution in [1.29, 1.82) is 0 Å². The summed E-state index contributed by atoms with van der Waals surface area (Å²) in [7, 11) is 0. The van der Waals surface area contributed by atoms with E-state index in [9.17, 15) is 4.79 Å². The molecule has 0 radical (unpaired) electrons. The number of aliphatic hydroxyl groups excluding tert-OH is 2. The van der Waals surface area contributed by atoms with Crippen LogP contribution in [0.1, 0.15) is 18.6 Å². The maximum absolute atomic E-state index is 10.2. The molecule has 0 amide bonds. The van der Waals surface area contributed by atoms with Crippen molar-refractivity contribution in [3.05, 3.63) is 35.9 Å². The average Bonchev–Trinajstić information content (AvgIpc) is 2.17. The zero-order valence-electron chi connectivity index (χ0n) is 8.37. The van der Waals surface area contributed by atoms with Gasteiger partial charge in [-0.1, -0.05) is 30.3 Å². The van der Waals surface area contributed by atoms with Crippen LogP contribution < -0.4 is 5.73 Å². The quantitative estimate of drug-likeness (QED) is 0.521. The molecule has 0 aromatic heterocycles. The number of hydrogen-bond acceptors (Lipinski definition) is 4. The number of carboxylic acid groups (broad SMARTS) is 1. The second-order valence-corrected chi connectivity index (χ2v) is 2.89. The topological polar surface area (TPSA) is 104 Å². The number of carboxylic acids is 1. The van der Waals surface area contributed by atoms with Crippen molar-refractivity contribution in [2.75, 3.05) is 0 Å². The highest BCUT2D eigenvalue weighted by molar-refractivity contribution is 5.73. The first kappa shape index (κ1) is 13.6. The lowest BCUT2D eigenvalue weighted by Crippen LogP contribution is -2.11. The summed E-state index contributed by atoms with van der Waals surface area (Å²) in [6.07, 6.45) is -2.07. The molecule has 15 heavy (non-hydrogen) atoms. The van der Waals surface area contributed by atoms with E-state index in [4.69, 9.17) is 15.3 Å². The molecule has 5 nitrogen and oxygen atoms in total. The fourth-order valence-electron chi connectivity index (χ4n) is 0.778. The molecule has 0 saturated carbocycles. The molecule has 0 heterocycles. The normalized spacial score (nSPS) is 13.3. The molecule has 0 aliphatic rings. The van der Waals surface area contributed by atoms with Crippen molar-refractivity contribution < 1.29 is 20.1 Å². The van der Waals surface area contributed by atoms with E-state index in [1.54, 1.807) is 30.3 Å². The summed E-state index contributed by atoms with van der Waals surface area (Å²) in [5.74, 6) is -1.23. The monoisotopic (exact) mass is 213 g/mol. The molecule has 0 aliphatic carbocycles. The summed E-state index contributed by atoms with van der Waals surface area (Å²) in [6.45, 7) is 1.50. The molecule has 5 heteroatoms. The number of aliphatic carboxylic acids is 1. The molecule has 1 aromatic rings. The van der Waals surface area contributed by atoms with Gasteiger partial charge in [0.1, 0.15) is 0 Å². The summed E-state index contributed by atoms with van der Waals surface area (Å²) in [6, 6.07) is 8.26. The number of hydrogen-bond donors (Lipinski definition) is 4. The summed E-state index contributed by atoms with van der Waals surface area (Å²) in [4.78, 5) is 10.2. The zero-order valence-corrected chi connectivity index (χ0v) is 8.37. The predicted molar refractivity (Wildman–Crippen MR) is 54.9 cm³/mol. The summed E-state index contributed by atoms with van der Waals surface area (Å²) in [5.41, 5.74) is 5.07. The Balaban J connectivity index is 0.000000423. The van der Waals surface area contributed by atoms with Gasteiger partial charge in [-0.2, -0.15) is 0 Å². The molecule has 1 rings (SSSR count). The molecule has 0 fully saturated rings. The van der Waals surface area contributed by atoms with Gasteiger partial charge in [0.2, 0.25) is 0 Å². The van der Waals surface area contributed by atoms with Gasteiger partial charge in [0.15, 0.2) is 6.10 Å². The number of rotatable bonds is 2. The highest BCUT2D eigenvalue weighted by Crippen LogP contribution is 2.10. The standard InChI is InChI=1S/C8H8O3.C2H7NO/c9-7(8(10)11)6-4-2-1-3-5-6;1-2(3)4/h1-5,7,9H,(H,10,11);2,4H,3H2,1H3. The number of benzene rings is 1. The fourth-order valence-corrected chi connectivity index (χ4v) is 0.778. The third kappa shape index (κ3) is 6.62. The molecule has 1 aromatic carbocycles. The SMILES string of the molecule is CC(N)O.O=C(O)C(O)c1ccccc1. The molecule has 0 bridgehead atoms. The lowest BCUT2D eigenvalue weighted by molar-refractivity contribution is -0.146. The molecular formula is C10H15NO4. The van der Waals surface area contributed by atoms with Crippen LogP contribution in [0.2, 0.25) is 0 Å². The molecule has 84 valence electrons. The van der Waals surface area contributed by atoms with Gasteiger partial charge in [-0.3, -0.25) is 0 Å². The van der Waals surface area contributed by atoms with Crippen LogP contribution in [0.5, 0.6) is 0 Å². The first-order valence-electron chi connectivity index (χ1n) is 4.34. The van der Waals surface area contributed by atoms with Gasteiger partial charge in [-0.05, 0) is 12.5 Å². The van der Waals surface area contributed by atoms with Crippen molar-refractivity contribution in [3.63, 3.8) is 0 Å². The van der Waals surface area contributed by atoms with Crippen LogP contribution in [0, 0.1) is 0 Å². The summed E-state index contributed by atoms with van der Waals surface area (Å²) >= 11 is 0. The van der Waals surface area contributed by atoms with Gasteiger partial charge in [-0.25, -0.2) is 4.79 Å². The van der Waals surface area contributed by atoms with Crippen LogP contribution in [0.3, 0.4) is 0 Å². The average molecular weight is 213 g/mol. The van der Waals surface area contributed by atoms with E-state index in [-0.39, 0.29) is 0 Å². The smallest absolute Gasteiger partial charge is 0.337 e. The van der Waals surface area contributed by atoms with Crippen molar-refractivity contribution in [3.8, 4) is 0 Å². The van der Waals surface area contributed by atoms with E-state index in [1.165, 1.54) is 6.92 Å². The van der Waals surface area contributed by atoms with Gasteiger partial charge in [0.05, 0.1) is 6.23 Å². The Labute approximate surface area is 87.8 Å². The highest BCUT2D eigenvalue weighted by atomic mass is 16.4. The molecule has 5 N–H and O–H groups in total. The minimum absolute atomic E-state index is 0.403. The maximum atomic E-state index is 10.2. The molecular weight excluding hydrogens is 198 g/mol. The summed E-state index contributed by atoms with van der Waals surface area (Å²) < 4.78 is 0. The van der Waals surface area contributed by atoms with Gasteiger partial charge < -0.3 is 21.1 Å². The minimum atomic E-state index is -1.41. The third-order valence-electron chi connectivity index (χ3n) is 1.35. The molecule has 2 unspecified atom stereocenters. The van der Waals surface area contributed by atoms with Crippen LogP contribution in [0.4, 0.5) is 0 Å². The fraction of sp³-hybridized carbons (Fsp3) is 0.300. The van der Waals surface area contributed by atoms with Crippen LogP contribution in [-0.2, 0) is 4.79 Å². The lowest BCUT2D eigenvalue weighted by Gasteiger charge is -2.03. The van der Waals surface area contributed by atoms with E-state index >= 15 is 0 Å². The van der Waals surface area contributed by atoms with E-state index in [2.05, 4.69) is 5.73 Å². The van der Waals surface area contributed by atoms with Crippen molar-refractivity contribution >= 4 is 5.97 Å². The number of carbonyl (C=O) groups is 1. The molecule has 0 aliphatic heterocycles. The van der Waals surface area contributed by atoms with Crippen LogP contribution in [0.15, 0.2) is 30.3 Å². The van der Waals surface area contributed by atoms with E-state index < -0.39 is 18.3 Å². The highest BCUT2D eigenvalue weighted by Gasteiger charge is 2.14. The second kappa shape index (κ2) is 6.94. The largest absolute Gasteiger partial charge is 0.479 e. The van der Waals surface area contributed by atoms with E-state index in [0.29, 0.717) is 5.56 Å². The Morgan fingerprint density at radius 1 is 1.27 bits per heavy atom. The van der Waals surface area contributed by atoms with Crippen molar-refractivity contribution in [1.82, 2.24) is 0 Å². The van der Waals surface area contributed by atoms with Crippen LogP contribution in [0.25, 0.3) is 0 Å². The Morgan fingerprint density at radius 2 is 1.67 bits per heavy atom. The van der Waals surface area contributed by atoms with Gasteiger partial charge in [0.25, 0.3) is 0 Å². The Bertz CT molecular complexity index is 284. The van der Waals surface area contributed by atoms with Crippen LogP contribution in [-0.4, -0.2) is 27.5 Å². The number of nitrogens with two attached hydrogens (primary N) is 1. The first-order chi connectivity index (χ1) is 6.95. The predicted octanol–water partition coefficient (Wildman–Crippen LogP) is 0.0880. The Hall–Kier alpha value is -1.43. The van der Waals surface area contributed by atoms with Crippen molar-refractivity contribution in [2.45, 2.75) is 19.3 Å². The Morgan fingerprint density at radius 3 is 2.00 bits per heavy atom. The molecule has 0 saturated heterocycles. The summed E-state index contributed by atoms with van der Waals surface area (Å²) in [5, 5.41) is 25.2. The maximum Gasteiger partial charge on any atom is 0.337 e. The van der Waals surface area contributed by atoms with Crippen molar-refractivity contribution in [2.24, 2.45) is 5.73 Å². The lowest BCUT2D eigenvalue weighted by atomic mass is 10.1. The van der Waals surface area contributed by atoms with Crippen LogP contribution >= 0.6 is 0 Å². The van der Waals surface area contributed by atoms with E-state index in [1.807, 2.05) is 0 Å². The Kier molecular flexibility index (Phi) is 6.28. The van der Waals surface area contributed by atoms with Gasteiger partial charge in [-0.15, -0.1) is 0 Å². The second-order valence-electron chi connectivity index (χ2n) is 2.89. The number of aliphatic hydroxyl groups is 2. The first-order valence-corrected chi connectivity index (χ1v) is 4.34. The minimum Gasteiger partial charge on any atom is -0.479 e. The third-order valence-corrected chi connectivity index (χ3v) is 1.35. The molecule has 2 atom stereocenters. The van der Waals surface area contributed by atoms with E-state index in [0.717, 1.165) is 0 Å². The molecule has 0 spiro atoms. The zero-order chi connectivity index (χ0) is 11.8. The van der Waals surface area contributed by atoms with Gasteiger partial charge >= 0.3 is 5.97 Å².